The second-order valence-electron chi connectivity index (χ2n) is 5.35. The fraction of sp³-hybridized carbons (Fsp3) is 0.250. The quantitative estimate of drug-likeness (QED) is 0.586. The second kappa shape index (κ2) is 6.96. The molecule has 0 atom stereocenters. The molecule has 0 saturated heterocycles. The Balaban J connectivity index is 2.19. The number of nitrogens with zero attached hydrogens (tertiary/aromatic N) is 1. The number of Topliss-reactive ketones (excluding diaryl/α,β-unsaturated/α-hetero) is 1. The second-order valence-corrected chi connectivity index (χ2v) is 7.44. The van der Waals surface area contributed by atoms with E-state index in [2.05, 4.69) is 0 Å². The van der Waals surface area contributed by atoms with Gasteiger partial charge in [-0.25, -0.2) is 17.6 Å². The van der Waals surface area contributed by atoms with Crippen molar-refractivity contribution in [3.63, 3.8) is 0 Å². The summed E-state index contributed by atoms with van der Waals surface area (Å²) >= 11 is 0. The van der Waals surface area contributed by atoms with Gasteiger partial charge in [0.2, 0.25) is 0 Å². The number of halogens is 1. The highest BCUT2D eigenvalue weighted by Crippen LogP contribution is 2.13. The van der Waals surface area contributed by atoms with Crippen molar-refractivity contribution >= 4 is 21.6 Å². The van der Waals surface area contributed by atoms with E-state index in [0.717, 1.165) is 6.26 Å². The fourth-order valence-electron chi connectivity index (χ4n) is 2.06. The van der Waals surface area contributed by atoms with Crippen molar-refractivity contribution in [2.24, 2.45) is 0 Å². The van der Waals surface area contributed by atoms with Crippen LogP contribution in [0.4, 0.5) is 4.39 Å². The Morgan fingerprint density at radius 3 is 2.33 bits per heavy atom. The number of hydrogen-bond donors (Lipinski definition) is 0. The number of aromatic nitrogens is 1. The average molecular weight is 353 g/mol. The first kappa shape index (κ1) is 17.9. The maximum atomic E-state index is 12.9. The number of esters is 1. The minimum atomic E-state index is -3.46. The molecule has 0 spiro atoms. The minimum Gasteiger partial charge on any atom is -0.445 e. The molecular weight excluding hydrogens is 337 g/mol. The van der Waals surface area contributed by atoms with Gasteiger partial charge in [0.1, 0.15) is 11.5 Å². The van der Waals surface area contributed by atoms with Crippen molar-refractivity contribution < 1.29 is 27.1 Å². The Kier molecular flexibility index (Phi) is 5.18. The monoisotopic (exact) mass is 353 g/mol. The van der Waals surface area contributed by atoms with Gasteiger partial charge in [0.05, 0.1) is 6.54 Å². The van der Waals surface area contributed by atoms with Crippen LogP contribution >= 0.6 is 0 Å². The molecular formula is C16H16FNO5S. The number of benzene rings is 1. The summed E-state index contributed by atoms with van der Waals surface area (Å²) in [4.78, 5) is 24.3. The molecule has 0 radical (unpaired) electrons. The molecule has 0 N–H and O–H groups in total. The van der Waals surface area contributed by atoms with Gasteiger partial charge >= 0.3 is 5.97 Å². The number of rotatable bonds is 6. The number of sulfone groups is 1. The molecule has 0 unspecified atom stereocenters. The number of aryl methyl sites for hydroxylation is 1. The highest BCUT2D eigenvalue weighted by molar-refractivity contribution is 7.90. The van der Waals surface area contributed by atoms with Crippen LogP contribution in [0.2, 0.25) is 0 Å². The Bertz CT molecular complexity index is 868. The lowest BCUT2D eigenvalue weighted by Gasteiger charge is -2.10. The van der Waals surface area contributed by atoms with Crippen LogP contribution in [0.25, 0.3) is 0 Å². The van der Waals surface area contributed by atoms with E-state index < -0.39 is 27.6 Å². The van der Waals surface area contributed by atoms with E-state index in [9.17, 15) is 22.4 Å². The summed E-state index contributed by atoms with van der Waals surface area (Å²) in [6.07, 6.45) is 0.947. The molecule has 0 bridgehead atoms. The Morgan fingerprint density at radius 1 is 1.12 bits per heavy atom. The van der Waals surface area contributed by atoms with E-state index >= 15 is 0 Å². The van der Waals surface area contributed by atoms with Crippen LogP contribution in [0.5, 0.6) is 0 Å². The van der Waals surface area contributed by atoms with E-state index in [1.165, 1.54) is 34.9 Å². The SMILES string of the molecule is Cc1ccc(C(=O)OCS(C)(=O)=O)n1CC(=O)c1ccc(F)cc1. The molecule has 0 aliphatic carbocycles. The van der Waals surface area contributed by atoms with E-state index in [1.54, 1.807) is 13.0 Å². The molecule has 24 heavy (non-hydrogen) atoms. The zero-order valence-electron chi connectivity index (χ0n) is 13.2. The third-order valence-electron chi connectivity index (χ3n) is 3.28. The molecule has 1 aromatic carbocycles. The Morgan fingerprint density at radius 2 is 1.75 bits per heavy atom. The largest absolute Gasteiger partial charge is 0.445 e. The zero-order chi connectivity index (χ0) is 17.9. The van der Waals surface area contributed by atoms with Crippen LogP contribution < -0.4 is 0 Å². The first-order chi connectivity index (χ1) is 11.2. The Hall–Kier alpha value is -2.48. The number of carbonyl (C=O) groups excluding carboxylic acids is 2. The third kappa shape index (κ3) is 4.51. The van der Waals surface area contributed by atoms with Gasteiger partial charge < -0.3 is 9.30 Å². The number of hydrogen-bond acceptors (Lipinski definition) is 5. The smallest absolute Gasteiger partial charge is 0.355 e. The van der Waals surface area contributed by atoms with Crippen LogP contribution in [-0.2, 0) is 21.1 Å². The molecule has 6 nitrogen and oxygen atoms in total. The van der Waals surface area contributed by atoms with Gasteiger partial charge in [-0.3, -0.25) is 4.79 Å². The van der Waals surface area contributed by atoms with Crippen LogP contribution in [0.1, 0.15) is 26.5 Å². The zero-order valence-corrected chi connectivity index (χ0v) is 14.0. The predicted molar refractivity (Wildman–Crippen MR) is 85.0 cm³/mol. The summed E-state index contributed by atoms with van der Waals surface area (Å²) in [6.45, 7) is 1.55. The lowest BCUT2D eigenvalue weighted by atomic mass is 10.1. The average Bonchev–Trinajstić information content (AvgIpc) is 2.86. The van der Waals surface area contributed by atoms with E-state index in [0.29, 0.717) is 11.3 Å². The lowest BCUT2D eigenvalue weighted by Crippen LogP contribution is -2.20. The molecule has 0 aliphatic heterocycles. The van der Waals surface area contributed by atoms with Crippen molar-refractivity contribution in [1.82, 2.24) is 4.57 Å². The van der Waals surface area contributed by atoms with Gasteiger partial charge in [-0.05, 0) is 43.3 Å². The standard InChI is InChI=1S/C16H16FNO5S/c1-11-3-8-14(16(20)23-10-24(2,21)22)18(11)9-15(19)12-4-6-13(17)7-5-12/h3-8H,9-10H2,1-2H3. The van der Waals surface area contributed by atoms with Gasteiger partial charge in [0.25, 0.3) is 0 Å². The number of ether oxygens (including phenoxy) is 1. The van der Waals surface area contributed by atoms with Crippen LogP contribution in [0.15, 0.2) is 36.4 Å². The normalized spacial score (nSPS) is 11.3. The van der Waals surface area contributed by atoms with Crippen molar-refractivity contribution in [1.29, 1.82) is 0 Å². The molecule has 1 heterocycles. The first-order valence-corrected chi connectivity index (χ1v) is 9.03. The molecule has 1 aromatic heterocycles. The molecule has 0 amide bonds. The van der Waals surface area contributed by atoms with Gasteiger partial charge in [-0.15, -0.1) is 0 Å². The maximum absolute atomic E-state index is 12.9. The van der Waals surface area contributed by atoms with Crippen molar-refractivity contribution in [3.05, 3.63) is 59.2 Å². The maximum Gasteiger partial charge on any atom is 0.355 e. The molecule has 128 valence electrons. The first-order valence-electron chi connectivity index (χ1n) is 6.97. The predicted octanol–water partition coefficient (Wildman–Crippen LogP) is 1.98. The van der Waals surface area contributed by atoms with Gasteiger partial charge in [0, 0.05) is 17.5 Å². The molecule has 0 saturated carbocycles. The van der Waals surface area contributed by atoms with Crippen LogP contribution in [0.3, 0.4) is 0 Å². The summed E-state index contributed by atoms with van der Waals surface area (Å²) in [5, 5.41) is 0. The summed E-state index contributed by atoms with van der Waals surface area (Å²) in [5.41, 5.74) is 1.02. The Labute approximate surface area is 138 Å². The minimum absolute atomic E-state index is 0.0756. The molecule has 0 aliphatic rings. The number of carbonyl (C=O) groups is 2. The summed E-state index contributed by atoms with van der Waals surface area (Å²) in [7, 11) is -3.46. The van der Waals surface area contributed by atoms with E-state index in [1.807, 2.05) is 0 Å². The third-order valence-corrected chi connectivity index (χ3v) is 3.83. The highest BCUT2D eigenvalue weighted by Gasteiger charge is 2.19. The summed E-state index contributed by atoms with van der Waals surface area (Å²) < 4.78 is 41.2. The van der Waals surface area contributed by atoms with Crippen molar-refractivity contribution in [3.8, 4) is 0 Å². The number of ketones is 1. The summed E-state index contributed by atoms with van der Waals surface area (Å²) in [6, 6.07) is 8.15. The van der Waals surface area contributed by atoms with Crippen LogP contribution in [-0.4, -0.2) is 36.9 Å². The molecule has 2 rings (SSSR count). The van der Waals surface area contributed by atoms with E-state index in [4.69, 9.17) is 4.74 Å². The lowest BCUT2D eigenvalue weighted by molar-refractivity contribution is 0.0559. The molecule has 8 heteroatoms. The van der Waals surface area contributed by atoms with Gasteiger partial charge in [-0.1, -0.05) is 0 Å². The topological polar surface area (TPSA) is 82.4 Å². The van der Waals surface area contributed by atoms with Gasteiger partial charge in [0.15, 0.2) is 21.6 Å². The fourth-order valence-corrected chi connectivity index (χ4v) is 2.38. The van der Waals surface area contributed by atoms with Crippen molar-refractivity contribution in [2.75, 3.05) is 12.2 Å². The summed E-state index contributed by atoms with van der Waals surface area (Å²) in [5.74, 6) is -2.33. The van der Waals surface area contributed by atoms with Gasteiger partial charge in [-0.2, -0.15) is 0 Å². The van der Waals surface area contributed by atoms with Crippen LogP contribution in [0, 0.1) is 12.7 Å². The van der Waals surface area contributed by atoms with Crippen molar-refractivity contribution in [2.45, 2.75) is 13.5 Å². The molecule has 0 fully saturated rings. The highest BCUT2D eigenvalue weighted by atomic mass is 32.2. The van der Waals surface area contributed by atoms with E-state index in [-0.39, 0.29) is 18.0 Å². The molecule has 2 aromatic rings.